The highest BCUT2D eigenvalue weighted by molar-refractivity contribution is 5.84. The van der Waals surface area contributed by atoms with Crippen LogP contribution in [0.15, 0.2) is 29.8 Å². The standard InChI is InChI=1S/C18H24O6/c1-4-12-13(10-17(22-2)24-18(12)23-3)14(19)7-5-11-6-8-15(20)16(21)9-11/h4,6,8-9,13,17-18,20-21H,5,7,10H2,1-3H3/b12-4+/t13-,17-,18-/m1/s1. The molecule has 1 saturated heterocycles. The Hall–Kier alpha value is -1.89. The Bertz CT molecular complexity index is 610. The number of carbonyl (C=O) groups is 1. The second-order valence-electron chi connectivity index (χ2n) is 5.74. The molecule has 132 valence electrons. The van der Waals surface area contributed by atoms with Gasteiger partial charge < -0.3 is 24.4 Å². The number of ketones is 1. The Morgan fingerprint density at radius 3 is 2.62 bits per heavy atom. The maximum atomic E-state index is 12.7. The van der Waals surface area contributed by atoms with Gasteiger partial charge in [-0.25, -0.2) is 0 Å². The molecule has 0 saturated carbocycles. The lowest BCUT2D eigenvalue weighted by Crippen LogP contribution is -2.40. The minimum absolute atomic E-state index is 0.0723. The molecule has 1 aromatic rings. The molecule has 6 heteroatoms. The summed E-state index contributed by atoms with van der Waals surface area (Å²) >= 11 is 0. The van der Waals surface area contributed by atoms with Gasteiger partial charge in [-0.1, -0.05) is 12.1 Å². The molecule has 0 unspecified atom stereocenters. The molecule has 0 amide bonds. The number of hydrogen-bond acceptors (Lipinski definition) is 6. The summed E-state index contributed by atoms with van der Waals surface area (Å²) in [4.78, 5) is 12.7. The van der Waals surface area contributed by atoms with Crippen molar-refractivity contribution < 1.29 is 29.2 Å². The average Bonchev–Trinajstić information content (AvgIpc) is 2.60. The molecule has 3 atom stereocenters. The van der Waals surface area contributed by atoms with Crippen molar-refractivity contribution in [2.45, 2.75) is 38.8 Å². The molecule has 0 aromatic heterocycles. The van der Waals surface area contributed by atoms with Gasteiger partial charge in [0.25, 0.3) is 0 Å². The molecule has 1 fully saturated rings. The summed E-state index contributed by atoms with van der Waals surface area (Å²) in [5.74, 6) is -0.594. The lowest BCUT2D eigenvalue weighted by atomic mass is 9.85. The van der Waals surface area contributed by atoms with Gasteiger partial charge in [-0.15, -0.1) is 0 Å². The number of allylic oxidation sites excluding steroid dienone is 1. The quantitative estimate of drug-likeness (QED) is 0.613. The monoisotopic (exact) mass is 336 g/mol. The molecule has 0 spiro atoms. The van der Waals surface area contributed by atoms with Gasteiger partial charge in [-0.3, -0.25) is 4.79 Å². The number of phenols is 2. The second-order valence-corrected chi connectivity index (χ2v) is 5.74. The number of rotatable bonds is 6. The predicted octanol–water partition coefficient (Wildman–Crippen LogP) is 2.53. The van der Waals surface area contributed by atoms with Gasteiger partial charge in [-0.05, 0) is 36.6 Å². The molecular weight excluding hydrogens is 312 g/mol. The lowest BCUT2D eigenvalue weighted by molar-refractivity contribution is -0.237. The lowest BCUT2D eigenvalue weighted by Gasteiger charge is -2.35. The topological polar surface area (TPSA) is 85.2 Å². The summed E-state index contributed by atoms with van der Waals surface area (Å²) in [6.45, 7) is 1.86. The van der Waals surface area contributed by atoms with Crippen LogP contribution in [0.25, 0.3) is 0 Å². The van der Waals surface area contributed by atoms with Crippen LogP contribution >= 0.6 is 0 Å². The van der Waals surface area contributed by atoms with Crippen LogP contribution in [0, 0.1) is 5.92 Å². The van der Waals surface area contributed by atoms with Crippen molar-refractivity contribution in [2.24, 2.45) is 5.92 Å². The van der Waals surface area contributed by atoms with Gasteiger partial charge in [-0.2, -0.15) is 0 Å². The van der Waals surface area contributed by atoms with Gasteiger partial charge in [0.15, 0.2) is 24.1 Å². The molecule has 1 aromatic carbocycles. The molecular formula is C18H24O6. The van der Waals surface area contributed by atoms with E-state index in [-0.39, 0.29) is 23.2 Å². The SMILES string of the molecule is C/C=C1/[C@H](OC)O[C@@H](OC)C[C@H]1C(=O)CCc1ccc(O)c(O)c1. The Morgan fingerprint density at radius 2 is 2.04 bits per heavy atom. The van der Waals surface area contributed by atoms with E-state index < -0.39 is 12.6 Å². The highest BCUT2D eigenvalue weighted by Gasteiger charge is 2.37. The summed E-state index contributed by atoms with van der Waals surface area (Å²) in [7, 11) is 3.08. The van der Waals surface area contributed by atoms with Crippen LogP contribution in [0.1, 0.15) is 25.3 Å². The maximum Gasteiger partial charge on any atom is 0.183 e. The number of ether oxygens (including phenoxy) is 3. The van der Waals surface area contributed by atoms with Crippen LogP contribution < -0.4 is 0 Å². The molecule has 2 N–H and O–H groups in total. The normalized spacial score (nSPS) is 25.8. The van der Waals surface area contributed by atoms with Crippen LogP contribution in [0.4, 0.5) is 0 Å². The third-order valence-electron chi connectivity index (χ3n) is 4.28. The number of methoxy groups -OCH3 is 2. The summed E-state index contributed by atoms with van der Waals surface area (Å²) in [5.41, 5.74) is 1.60. The summed E-state index contributed by atoms with van der Waals surface area (Å²) < 4.78 is 16.2. The van der Waals surface area contributed by atoms with Crippen LogP contribution in [0.3, 0.4) is 0 Å². The minimum Gasteiger partial charge on any atom is -0.504 e. The summed E-state index contributed by atoms with van der Waals surface area (Å²) in [6.07, 6.45) is 2.05. The number of aryl methyl sites for hydroxylation is 1. The van der Waals surface area contributed by atoms with Crippen molar-refractivity contribution in [1.82, 2.24) is 0 Å². The zero-order valence-electron chi connectivity index (χ0n) is 14.2. The van der Waals surface area contributed by atoms with E-state index in [0.717, 1.165) is 11.1 Å². The minimum atomic E-state index is -0.583. The molecule has 0 bridgehead atoms. The molecule has 1 aliphatic heterocycles. The number of carbonyl (C=O) groups excluding carboxylic acids is 1. The number of phenolic OH excluding ortho intramolecular Hbond substituents is 2. The largest absolute Gasteiger partial charge is 0.504 e. The first kappa shape index (κ1) is 18.4. The fourth-order valence-corrected chi connectivity index (χ4v) is 2.93. The summed E-state index contributed by atoms with van der Waals surface area (Å²) in [6, 6.07) is 4.58. The van der Waals surface area contributed by atoms with Gasteiger partial charge in [0.05, 0.1) is 0 Å². The summed E-state index contributed by atoms with van der Waals surface area (Å²) in [5, 5.41) is 18.9. The van der Waals surface area contributed by atoms with Crippen LogP contribution in [-0.2, 0) is 25.4 Å². The highest BCUT2D eigenvalue weighted by Crippen LogP contribution is 2.33. The zero-order valence-corrected chi connectivity index (χ0v) is 14.2. The smallest absolute Gasteiger partial charge is 0.183 e. The first-order valence-corrected chi connectivity index (χ1v) is 7.90. The molecule has 0 aliphatic carbocycles. The molecule has 0 radical (unpaired) electrons. The Balaban J connectivity index is 2.06. The van der Waals surface area contributed by atoms with Crippen molar-refractivity contribution in [3.63, 3.8) is 0 Å². The third-order valence-corrected chi connectivity index (χ3v) is 4.28. The van der Waals surface area contributed by atoms with Crippen LogP contribution in [0.2, 0.25) is 0 Å². The maximum absolute atomic E-state index is 12.7. The molecule has 1 heterocycles. The fourth-order valence-electron chi connectivity index (χ4n) is 2.93. The van der Waals surface area contributed by atoms with Crippen molar-refractivity contribution in [3.05, 3.63) is 35.4 Å². The Kier molecular flexibility index (Phi) is 6.36. The van der Waals surface area contributed by atoms with Gasteiger partial charge in [0, 0.05) is 33.0 Å². The molecule has 24 heavy (non-hydrogen) atoms. The molecule has 1 aliphatic rings. The Morgan fingerprint density at radius 1 is 1.29 bits per heavy atom. The van der Waals surface area contributed by atoms with Gasteiger partial charge >= 0.3 is 0 Å². The highest BCUT2D eigenvalue weighted by atomic mass is 16.8. The van der Waals surface area contributed by atoms with E-state index in [1.54, 1.807) is 13.2 Å². The van der Waals surface area contributed by atoms with Gasteiger partial charge in [0.2, 0.25) is 0 Å². The number of hydrogen-bond donors (Lipinski definition) is 2. The predicted molar refractivity (Wildman–Crippen MR) is 87.6 cm³/mol. The first-order chi connectivity index (χ1) is 11.5. The van der Waals surface area contributed by atoms with E-state index in [4.69, 9.17) is 14.2 Å². The van der Waals surface area contributed by atoms with Crippen molar-refractivity contribution in [2.75, 3.05) is 14.2 Å². The van der Waals surface area contributed by atoms with E-state index >= 15 is 0 Å². The number of Topliss-reactive ketones (excluding diaryl/α,β-unsaturated/α-hetero) is 1. The van der Waals surface area contributed by atoms with E-state index in [1.807, 2.05) is 13.0 Å². The molecule has 6 nitrogen and oxygen atoms in total. The average molecular weight is 336 g/mol. The number of aromatic hydroxyl groups is 2. The van der Waals surface area contributed by atoms with E-state index in [2.05, 4.69) is 0 Å². The van der Waals surface area contributed by atoms with Crippen LogP contribution in [0.5, 0.6) is 11.5 Å². The van der Waals surface area contributed by atoms with Crippen molar-refractivity contribution >= 4 is 5.78 Å². The van der Waals surface area contributed by atoms with E-state index in [0.29, 0.717) is 19.3 Å². The zero-order chi connectivity index (χ0) is 17.7. The molecule has 2 rings (SSSR count). The van der Waals surface area contributed by atoms with E-state index in [1.165, 1.54) is 19.2 Å². The number of benzene rings is 1. The van der Waals surface area contributed by atoms with Crippen molar-refractivity contribution in [3.8, 4) is 11.5 Å². The van der Waals surface area contributed by atoms with Crippen molar-refractivity contribution in [1.29, 1.82) is 0 Å². The van der Waals surface area contributed by atoms with Crippen LogP contribution in [-0.4, -0.2) is 42.8 Å². The third kappa shape index (κ3) is 4.14. The van der Waals surface area contributed by atoms with Gasteiger partial charge in [0.1, 0.15) is 5.78 Å². The first-order valence-electron chi connectivity index (χ1n) is 7.90. The van der Waals surface area contributed by atoms with E-state index in [9.17, 15) is 15.0 Å². The fraction of sp³-hybridized carbons (Fsp3) is 0.500. The Labute approximate surface area is 141 Å². The second kappa shape index (κ2) is 8.28.